The SMILES string of the molecule is O=C(NCCC#Cc1ccc(F)cn1)OCc1ccccc1. The molecule has 22 heavy (non-hydrogen) atoms. The van der Waals surface area contributed by atoms with Gasteiger partial charge in [0, 0.05) is 13.0 Å². The lowest BCUT2D eigenvalue weighted by Gasteiger charge is -2.05. The van der Waals surface area contributed by atoms with E-state index in [1.54, 1.807) is 0 Å². The number of halogens is 1. The Morgan fingerprint density at radius 2 is 2.05 bits per heavy atom. The average molecular weight is 298 g/mol. The van der Waals surface area contributed by atoms with Crippen molar-refractivity contribution in [3.05, 3.63) is 65.7 Å². The van der Waals surface area contributed by atoms with Gasteiger partial charge in [0.2, 0.25) is 0 Å². The molecule has 0 saturated heterocycles. The summed E-state index contributed by atoms with van der Waals surface area (Å²) in [5.41, 5.74) is 1.42. The number of aromatic nitrogens is 1. The van der Waals surface area contributed by atoms with Crippen LogP contribution in [0.1, 0.15) is 17.7 Å². The van der Waals surface area contributed by atoms with Gasteiger partial charge in [-0.2, -0.15) is 0 Å². The Hall–Kier alpha value is -2.87. The van der Waals surface area contributed by atoms with Crippen LogP contribution in [0.4, 0.5) is 9.18 Å². The summed E-state index contributed by atoms with van der Waals surface area (Å²) in [5, 5.41) is 2.60. The summed E-state index contributed by atoms with van der Waals surface area (Å²) in [6.07, 6.45) is 1.09. The molecular formula is C17H15FN2O2. The van der Waals surface area contributed by atoms with Gasteiger partial charge in [-0.3, -0.25) is 0 Å². The first kappa shape index (κ1) is 15.5. The summed E-state index contributed by atoms with van der Waals surface area (Å²) in [6.45, 7) is 0.611. The largest absolute Gasteiger partial charge is 0.445 e. The van der Waals surface area contributed by atoms with E-state index in [0.29, 0.717) is 18.7 Å². The number of amides is 1. The number of carbonyl (C=O) groups excluding carboxylic acids is 1. The third kappa shape index (κ3) is 5.63. The number of hydrogen-bond acceptors (Lipinski definition) is 3. The highest BCUT2D eigenvalue weighted by Gasteiger charge is 2.00. The zero-order chi connectivity index (χ0) is 15.6. The fraction of sp³-hybridized carbons (Fsp3) is 0.176. The van der Waals surface area contributed by atoms with Crippen LogP contribution in [0.5, 0.6) is 0 Å². The van der Waals surface area contributed by atoms with E-state index in [0.717, 1.165) is 11.8 Å². The molecule has 1 aromatic carbocycles. The Bertz CT molecular complexity index is 661. The fourth-order valence-electron chi connectivity index (χ4n) is 1.60. The standard InChI is InChI=1S/C17H15FN2O2/c18-15-9-10-16(20-12-15)8-4-5-11-19-17(21)22-13-14-6-2-1-3-7-14/h1-3,6-7,9-10,12H,5,11,13H2,(H,19,21). The lowest BCUT2D eigenvalue weighted by atomic mass is 10.2. The number of nitrogens with one attached hydrogen (secondary N) is 1. The Balaban J connectivity index is 1.64. The molecule has 1 N–H and O–H groups in total. The Morgan fingerprint density at radius 3 is 2.77 bits per heavy atom. The van der Waals surface area contributed by atoms with Gasteiger partial charge in [-0.05, 0) is 23.6 Å². The number of pyridine rings is 1. The molecule has 0 fully saturated rings. The Labute approximate surface area is 128 Å². The lowest BCUT2D eigenvalue weighted by molar-refractivity contribution is 0.140. The number of rotatable bonds is 4. The minimum Gasteiger partial charge on any atom is -0.445 e. The zero-order valence-electron chi connectivity index (χ0n) is 11.9. The van der Waals surface area contributed by atoms with E-state index < -0.39 is 11.9 Å². The minimum atomic E-state index is -0.481. The van der Waals surface area contributed by atoms with Crippen molar-refractivity contribution in [1.29, 1.82) is 0 Å². The second-order valence-electron chi connectivity index (χ2n) is 4.40. The van der Waals surface area contributed by atoms with Gasteiger partial charge in [0.25, 0.3) is 0 Å². The molecule has 0 bridgehead atoms. The maximum atomic E-state index is 12.6. The first-order chi connectivity index (χ1) is 10.7. The number of alkyl carbamates (subject to hydrolysis) is 1. The molecule has 2 aromatic rings. The predicted octanol–water partition coefficient (Wildman–Crippen LogP) is 2.89. The van der Waals surface area contributed by atoms with E-state index in [9.17, 15) is 9.18 Å². The summed E-state index contributed by atoms with van der Waals surface area (Å²) in [7, 11) is 0. The number of carbonyl (C=O) groups is 1. The normalized spacial score (nSPS) is 9.50. The third-order valence-corrected chi connectivity index (χ3v) is 2.68. The molecule has 1 amide bonds. The van der Waals surface area contributed by atoms with Crippen LogP contribution in [0, 0.1) is 17.7 Å². The fourth-order valence-corrected chi connectivity index (χ4v) is 1.60. The molecule has 0 aliphatic heterocycles. The van der Waals surface area contributed by atoms with E-state index in [1.165, 1.54) is 12.1 Å². The maximum Gasteiger partial charge on any atom is 0.407 e. The molecule has 0 saturated carbocycles. The van der Waals surface area contributed by atoms with Gasteiger partial charge in [-0.25, -0.2) is 14.2 Å². The van der Waals surface area contributed by atoms with E-state index >= 15 is 0 Å². The first-order valence-corrected chi connectivity index (χ1v) is 6.79. The van der Waals surface area contributed by atoms with Crippen LogP contribution in [0.2, 0.25) is 0 Å². The van der Waals surface area contributed by atoms with Crippen molar-refractivity contribution in [3.8, 4) is 11.8 Å². The second kappa shape index (κ2) is 8.42. The molecule has 0 aliphatic carbocycles. The topological polar surface area (TPSA) is 51.2 Å². The van der Waals surface area contributed by atoms with Gasteiger partial charge in [-0.1, -0.05) is 36.3 Å². The number of nitrogens with zero attached hydrogens (tertiary/aromatic N) is 1. The van der Waals surface area contributed by atoms with Crippen LogP contribution in [0.3, 0.4) is 0 Å². The van der Waals surface area contributed by atoms with Gasteiger partial charge in [0.1, 0.15) is 18.1 Å². The van der Waals surface area contributed by atoms with Crippen molar-refractivity contribution < 1.29 is 13.9 Å². The summed E-state index contributed by atoms with van der Waals surface area (Å²) in [4.78, 5) is 15.3. The van der Waals surface area contributed by atoms with Gasteiger partial charge in [-0.15, -0.1) is 0 Å². The van der Waals surface area contributed by atoms with Crippen molar-refractivity contribution in [3.63, 3.8) is 0 Å². The molecule has 0 radical (unpaired) electrons. The summed E-state index contributed by atoms with van der Waals surface area (Å²) in [6, 6.07) is 12.2. The van der Waals surface area contributed by atoms with Crippen LogP contribution in [0.15, 0.2) is 48.7 Å². The van der Waals surface area contributed by atoms with Crippen LogP contribution in [0.25, 0.3) is 0 Å². The first-order valence-electron chi connectivity index (χ1n) is 6.79. The highest BCUT2D eigenvalue weighted by Crippen LogP contribution is 2.00. The molecule has 0 aliphatic rings. The third-order valence-electron chi connectivity index (χ3n) is 2.68. The van der Waals surface area contributed by atoms with Crippen LogP contribution in [-0.2, 0) is 11.3 Å². The van der Waals surface area contributed by atoms with Crippen LogP contribution < -0.4 is 5.32 Å². The summed E-state index contributed by atoms with van der Waals surface area (Å²) in [5.74, 6) is 5.23. The van der Waals surface area contributed by atoms with Crippen molar-refractivity contribution in [1.82, 2.24) is 10.3 Å². The van der Waals surface area contributed by atoms with E-state index in [1.807, 2.05) is 30.3 Å². The Morgan fingerprint density at radius 1 is 1.23 bits per heavy atom. The quantitative estimate of drug-likeness (QED) is 0.697. The monoisotopic (exact) mass is 298 g/mol. The van der Waals surface area contributed by atoms with Crippen LogP contribution in [-0.4, -0.2) is 17.6 Å². The molecule has 112 valence electrons. The average Bonchev–Trinajstić information content (AvgIpc) is 2.55. The number of ether oxygens (including phenoxy) is 1. The molecule has 4 nitrogen and oxygen atoms in total. The minimum absolute atomic E-state index is 0.234. The summed E-state index contributed by atoms with van der Waals surface area (Å²) < 4.78 is 17.7. The predicted molar refractivity (Wildman–Crippen MR) is 80.3 cm³/mol. The van der Waals surface area contributed by atoms with Gasteiger partial charge in [0.15, 0.2) is 0 Å². The van der Waals surface area contributed by atoms with E-state index in [4.69, 9.17) is 4.74 Å². The molecular weight excluding hydrogens is 283 g/mol. The van der Waals surface area contributed by atoms with Gasteiger partial charge < -0.3 is 10.1 Å². The highest BCUT2D eigenvalue weighted by molar-refractivity contribution is 5.67. The molecule has 0 atom stereocenters. The number of hydrogen-bond donors (Lipinski definition) is 1. The molecule has 5 heteroatoms. The maximum absolute atomic E-state index is 12.6. The Kier molecular flexibility index (Phi) is 5.94. The molecule has 1 heterocycles. The van der Waals surface area contributed by atoms with Crippen molar-refractivity contribution >= 4 is 6.09 Å². The highest BCUT2D eigenvalue weighted by atomic mass is 19.1. The number of benzene rings is 1. The second-order valence-corrected chi connectivity index (χ2v) is 4.40. The van der Waals surface area contributed by atoms with E-state index in [-0.39, 0.29) is 6.61 Å². The molecule has 1 aromatic heterocycles. The van der Waals surface area contributed by atoms with Gasteiger partial charge >= 0.3 is 6.09 Å². The lowest BCUT2D eigenvalue weighted by Crippen LogP contribution is -2.24. The van der Waals surface area contributed by atoms with Crippen molar-refractivity contribution in [2.75, 3.05) is 6.54 Å². The van der Waals surface area contributed by atoms with Gasteiger partial charge in [0.05, 0.1) is 6.20 Å². The molecule has 2 rings (SSSR count). The van der Waals surface area contributed by atoms with E-state index in [2.05, 4.69) is 22.1 Å². The molecule has 0 unspecified atom stereocenters. The van der Waals surface area contributed by atoms with Crippen molar-refractivity contribution in [2.45, 2.75) is 13.0 Å². The summed E-state index contributed by atoms with van der Waals surface area (Å²) >= 11 is 0. The zero-order valence-corrected chi connectivity index (χ0v) is 11.9. The van der Waals surface area contributed by atoms with Crippen molar-refractivity contribution in [2.24, 2.45) is 0 Å². The molecule has 0 spiro atoms. The smallest absolute Gasteiger partial charge is 0.407 e. The van der Waals surface area contributed by atoms with Crippen LogP contribution >= 0.6 is 0 Å².